The van der Waals surface area contributed by atoms with Crippen LogP contribution in [-0.4, -0.2) is 53.4 Å². The van der Waals surface area contributed by atoms with Crippen molar-refractivity contribution in [2.75, 3.05) is 26.7 Å². The summed E-state index contributed by atoms with van der Waals surface area (Å²) in [5.74, 6) is 0.949. The Bertz CT molecular complexity index is 821. The van der Waals surface area contributed by atoms with E-state index in [0.717, 1.165) is 35.6 Å². The van der Waals surface area contributed by atoms with Crippen LogP contribution in [-0.2, 0) is 17.8 Å². The Kier molecular flexibility index (Phi) is 5.19. The largest absolute Gasteiger partial charge is 0.465 e. The molecule has 1 aromatic heterocycles. The lowest BCUT2D eigenvalue weighted by atomic mass is 9.84. The molecule has 3 aliphatic heterocycles. The van der Waals surface area contributed by atoms with Crippen LogP contribution < -0.4 is 5.32 Å². The van der Waals surface area contributed by atoms with Crippen LogP contribution in [0.1, 0.15) is 42.7 Å². The second-order valence-electron chi connectivity index (χ2n) is 8.34. The van der Waals surface area contributed by atoms with Crippen LogP contribution in [0.5, 0.6) is 0 Å². The summed E-state index contributed by atoms with van der Waals surface area (Å²) in [5.41, 5.74) is 2.57. The lowest BCUT2D eigenvalue weighted by Crippen LogP contribution is -2.55. The Labute approximate surface area is 160 Å². The summed E-state index contributed by atoms with van der Waals surface area (Å²) in [4.78, 5) is 14.9. The number of piperidine rings is 3. The first-order valence-electron chi connectivity index (χ1n) is 10.1. The molecule has 0 radical (unpaired) electrons. The molecule has 0 amide bonds. The molecule has 3 saturated heterocycles. The summed E-state index contributed by atoms with van der Waals surface area (Å²) in [6, 6.07) is 6.32. The molecular weight excluding hydrogens is 340 g/mol. The van der Waals surface area contributed by atoms with Gasteiger partial charge in [0.05, 0.1) is 23.9 Å². The van der Waals surface area contributed by atoms with Crippen LogP contribution in [0.4, 0.5) is 0 Å². The van der Waals surface area contributed by atoms with Gasteiger partial charge in [0.25, 0.3) is 0 Å². The maximum absolute atomic E-state index is 12.3. The number of rotatable bonds is 6. The van der Waals surface area contributed by atoms with E-state index < -0.39 is 0 Å². The van der Waals surface area contributed by atoms with Gasteiger partial charge >= 0.3 is 5.97 Å². The Morgan fingerprint density at radius 2 is 2.11 bits per heavy atom. The van der Waals surface area contributed by atoms with E-state index in [2.05, 4.69) is 30.1 Å². The van der Waals surface area contributed by atoms with Crippen LogP contribution in [0.3, 0.4) is 0 Å². The van der Waals surface area contributed by atoms with Gasteiger partial charge in [0.1, 0.15) is 0 Å². The molecule has 1 N–H and O–H groups in total. The van der Waals surface area contributed by atoms with Gasteiger partial charge in [-0.1, -0.05) is 19.9 Å². The van der Waals surface area contributed by atoms with Crippen LogP contribution in [0.25, 0.3) is 10.9 Å². The molecule has 1 aromatic carbocycles. The molecule has 5 rings (SSSR count). The Morgan fingerprint density at radius 3 is 2.74 bits per heavy atom. The number of carbonyl (C=O) groups is 1. The van der Waals surface area contributed by atoms with E-state index in [1.165, 1.54) is 33.0 Å². The van der Waals surface area contributed by atoms with Crippen molar-refractivity contribution in [3.63, 3.8) is 0 Å². The highest BCUT2D eigenvalue weighted by molar-refractivity contribution is 6.04. The molecule has 4 heterocycles. The summed E-state index contributed by atoms with van der Waals surface area (Å²) >= 11 is 0. The maximum Gasteiger partial charge on any atom is 0.338 e. The van der Waals surface area contributed by atoms with Crippen molar-refractivity contribution in [1.82, 2.24) is 20.0 Å². The first-order chi connectivity index (χ1) is 13.1. The fraction of sp³-hybridized carbons (Fsp3) is 0.619. The normalized spacial score (nSPS) is 24.7. The topological polar surface area (TPSA) is 59.4 Å². The summed E-state index contributed by atoms with van der Waals surface area (Å²) in [5, 5.41) is 9.56. The zero-order chi connectivity index (χ0) is 19.0. The van der Waals surface area contributed by atoms with E-state index in [0.29, 0.717) is 24.1 Å². The summed E-state index contributed by atoms with van der Waals surface area (Å²) < 4.78 is 7.06. The molecule has 1 atom stereocenters. The number of benzene rings is 1. The van der Waals surface area contributed by atoms with Crippen LogP contribution in [0.15, 0.2) is 18.2 Å². The molecule has 2 aromatic rings. The van der Waals surface area contributed by atoms with Crippen molar-refractivity contribution in [2.45, 2.75) is 45.8 Å². The predicted molar refractivity (Wildman–Crippen MR) is 106 cm³/mol. The third-order valence-corrected chi connectivity index (χ3v) is 5.98. The number of hydrogen-bond acceptors (Lipinski definition) is 5. The first-order valence-corrected chi connectivity index (χ1v) is 10.1. The first kappa shape index (κ1) is 18.4. The van der Waals surface area contributed by atoms with Crippen molar-refractivity contribution in [3.05, 3.63) is 29.5 Å². The van der Waals surface area contributed by atoms with Crippen molar-refractivity contribution in [2.24, 2.45) is 11.8 Å². The fourth-order valence-electron chi connectivity index (χ4n) is 4.62. The highest BCUT2D eigenvalue weighted by atomic mass is 16.5. The third kappa shape index (κ3) is 3.60. The van der Waals surface area contributed by atoms with Gasteiger partial charge in [-0.3, -0.25) is 4.68 Å². The molecule has 3 aliphatic rings. The van der Waals surface area contributed by atoms with Crippen LogP contribution in [0, 0.1) is 11.8 Å². The second-order valence-corrected chi connectivity index (χ2v) is 8.34. The van der Waals surface area contributed by atoms with Gasteiger partial charge in [-0.05, 0) is 49.9 Å². The zero-order valence-corrected chi connectivity index (χ0v) is 16.6. The number of nitrogens with one attached hydrogen (secondary N) is 1. The van der Waals surface area contributed by atoms with E-state index in [-0.39, 0.29) is 5.97 Å². The number of fused-ring (bicyclic) bond motifs is 4. The number of ether oxygens (including phenoxy) is 1. The zero-order valence-electron chi connectivity index (χ0n) is 16.6. The third-order valence-electron chi connectivity index (χ3n) is 5.98. The lowest BCUT2D eigenvalue weighted by molar-refractivity contribution is 0.0603. The Balaban J connectivity index is 1.65. The summed E-state index contributed by atoms with van der Waals surface area (Å²) in [6.45, 7) is 9.49. The monoisotopic (exact) mass is 370 g/mol. The number of carbonyl (C=O) groups excluding carboxylic acids is 1. The number of methoxy groups -OCH3 is 1. The lowest BCUT2D eigenvalue weighted by Gasteiger charge is -2.45. The fourth-order valence-corrected chi connectivity index (χ4v) is 4.62. The number of nitrogens with zero attached hydrogens (tertiary/aromatic N) is 3. The van der Waals surface area contributed by atoms with Gasteiger partial charge in [0, 0.05) is 31.1 Å². The molecule has 1 unspecified atom stereocenters. The van der Waals surface area contributed by atoms with Crippen molar-refractivity contribution >= 4 is 16.9 Å². The molecule has 0 aliphatic carbocycles. The Hall–Kier alpha value is -1.92. The number of aromatic nitrogens is 2. The average Bonchev–Trinajstić information content (AvgIpc) is 3.04. The molecule has 0 saturated carbocycles. The van der Waals surface area contributed by atoms with Gasteiger partial charge in [0.2, 0.25) is 0 Å². The number of esters is 1. The van der Waals surface area contributed by atoms with E-state index in [9.17, 15) is 4.79 Å². The molecule has 2 bridgehead atoms. The molecule has 27 heavy (non-hydrogen) atoms. The van der Waals surface area contributed by atoms with Gasteiger partial charge in [-0.15, -0.1) is 0 Å². The van der Waals surface area contributed by atoms with Gasteiger partial charge in [-0.2, -0.15) is 5.10 Å². The van der Waals surface area contributed by atoms with Crippen molar-refractivity contribution < 1.29 is 9.53 Å². The van der Waals surface area contributed by atoms with Crippen LogP contribution in [0.2, 0.25) is 0 Å². The van der Waals surface area contributed by atoms with E-state index >= 15 is 0 Å². The van der Waals surface area contributed by atoms with E-state index in [4.69, 9.17) is 9.84 Å². The maximum atomic E-state index is 12.3. The van der Waals surface area contributed by atoms with Gasteiger partial charge in [-0.25, -0.2) is 4.79 Å². The van der Waals surface area contributed by atoms with Crippen molar-refractivity contribution in [3.8, 4) is 0 Å². The minimum Gasteiger partial charge on any atom is -0.465 e. The number of hydrogen-bond donors (Lipinski definition) is 1. The molecule has 6 nitrogen and oxygen atoms in total. The standard InChI is InChI=1S/C21H30N4O2/c1-14(2)12-25-19-6-4-5-16(21(26)27-3)20(19)17(23-25)11-22-18-13-24-9-7-15(18)8-10-24/h4-6,14-15,18,22H,7-13H2,1-3H3. The minimum atomic E-state index is -0.297. The van der Waals surface area contributed by atoms with E-state index in [1.54, 1.807) is 0 Å². The van der Waals surface area contributed by atoms with Gasteiger partial charge in [0.15, 0.2) is 0 Å². The quantitative estimate of drug-likeness (QED) is 0.792. The molecule has 0 spiro atoms. The Morgan fingerprint density at radius 1 is 1.33 bits per heavy atom. The highest BCUT2D eigenvalue weighted by Crippen LogP contribution is 2.29. The second kappa shape index (κ2) is 7.60. The average molecular weight is 370 g/mol. The highest BCUT2D eigenvalue weighted by Gasteiger charge is 2.34. The van der Waals surface area contributed by atoms with Gasteiger partial charge < -0.3 is 15.0 Å². The van der Waals surface area contributed by atoms with E-state index in [1.807, 2.05) is 16.8 Å². The SMILES string of the molecule is COC(=O)c1cccc2c1c(CNC1CN3CCC1CC3)nn2CC(C)C. The van der Waals surface area contributed by atoms with Crippen LogP contribution >= 0.6 is 0 Å². The summed E-state index contributed by atoms with van der Waals surface area (Å²) in [6.07, 6.45) is 2.57. The van der Waals surface area contributed by atoms with Crippen molar-refractivity contribution in [1.29, 1.82) is 0 Å². The predicted octanol–water partition coefficient (Wildman–Crippen LogP) is 2.66. The molecule has 6 heteroatoms. The molecule has 3 fully saturated rings. The summed E-state index contributed by atoms with van der Waals surface area (Å²) in [7, 11) is 1.44. The minimum absolute atomic E-state index is 0.297. The molecular formula is C21H30N4O2. The smallest absolute Gasteiger partial charge is 0.338 e. The molecule has 146 valence electrons.